The Morgan fingerprint density at radius 2 is 1.94 bits per heavy atom. The van der Waals surface area contributed by atoms with Crippen LogP contribution in [-0.4, -0.2) is 56.3 Å². The molecule has 8 heteroatoms. The fourth-order valence-corrected chi connectivity index (χ4v) is 4.33. The minimum absolute atomic E-state index is 0.00551. The number of ketones is 1. The zero-order valence-corrected chi connectivity index (χ0v) is 18.8. The molecule has 2 N–H and O–H groups in total. The van der Waals surface area contributed by atoms with E-state index in [0.29, 0.717) is 34.8 Å². The lowest BCUT2D eigenvalue weighted by atomic mass is 10.00. The number of hydrogen-bond donors (Lipinski definition) is 2. The van der Waals surface area contributed by atoms with Crippen molar-refractivity contribution in [2.75, 3.05) is 44.8 Å². The van der Waals surface area contributed by atoms with E-state index >= 15 is 0 Å². The Hall–Kier alpha value is -1.70. The molecule has 0 amide bonds. The first-order valence-corrected chi connectivity index (χ1v) is 11.5. The number of ether oxygens (including phenoxy) is 2. The van der Waals surface area contributed by atoms with Gasteiger partial charge in [0, 0.05) is 66.6 Å². The smallest absolute Gasteiger partial charge is 0.168 e. The van der Waals surface area contributed by atoms with E-state index in [-0.39, 0.29) is 12.2 Å². The van der Waals surface area contributed by atoms with Crippen LogP contribution in [0.5, 0.6) is 0 Å². The minimum Gasteiger partial charge on any atom is -0.385 e. The summed E-state index contributed by atoms with van der Waals surface area (Å²) in [6, 6.07) is 7.69. The van der Waals surface area contributed by atoms with Crippen molar-refractivity contribution in [3.8, 4) is 11.1 Å². The molecule has 0 spiro atoms. The second-order valence-corrected chi connectivity index (χ2v) is 8.81. The van der Waals surface area contributed by atoms with Crippen LogP contribution >= 0.6 is 23.2 Å². The van der Waals surface area contributed by atoms with Gasteiger partial charge in [0.25, 0.3) is 0 Å². The van der Waals surface area contributed by atoms with E-state index in [4.69, 9.17) is 32.7 Å². The molecule has 31 heavy (non-hydrogen) atoms. The van der Waals surface area contributed by atoms with Crippen molar-refractivity contribution in [2.45, 2.75) is 25.4 Å². The fraction of sp³-hybridized carbons (Fsp3) is 0.478. The quantitative estimate of drug-likeness (QED) is 0.646. The van der Waals surface area contributed by atoms with E-state index in [9.17, 15) is 4.79 Å². The number of pyridine rings is 1. The molecular weight excluding hydrogens is 437 g/mol. The Labute approximate surface area is 192 Å². The van der Waals surface area contributed by atoms with Gasteiger partial charge < -0.3 is 20.1 Å². The summed E-state index contributed by atoms with van der Waals surface area (Å²) >= 11 is 13.0. The summed E-state index contributed by atoms with van der Waals surface area (Å²) in [7, 11) is 0. The Balaban J connectivity index is 1.49. The Morgan fingerprint density at radius 1 is 1.13 bits per heavy atom. The van der Waals surface area contributed by atoms with Crippen molar-refractivity contribution >= 4 is 34.7 Å². The van der Waals surface area contributed by atoms with Crippen molar-refractivity contribution in [3.63, 3.8) is 0 Å². The molecule has 6 nitrogen and oxygen atoms in total. The van der Waals surface area contributed by atoms with E-state index in [1.165, 1.54) is 0 Å². The van der Waals surface area contributed by atoms with Crippen LogP contribution in [0.15, 0.2) is 30.5 Å². The molecule has 0 saturated carbocycles. The predicted molar refractivity (Wildman–Crippen MR) is 123 cm³/mol. The highest BCUT2D eigenvalue weighted by Crippen LogP contribution is 2.35. The average molecular weight is 464 g/mol. The van der Waals surface area contributed by atoms with Gasteiger partial charge in [0.1, 0.15) is 6.10 Å². The van der Waals surface area contributed by atoms with Crippen molar-refractivity contribution in [1.82, 2.24) is 10.3 Å². The van der Waals surface area contributed by atoms with Crippen LogP contribution in [0.25, 0.3) is 11.1 Å². The van der Waals surface area contributed by atoms with Crippen molar-refractivity contribution < 1.29 is 14.3 Å². The highest BCUT2D eigenvalue weighted by Gasteiger charge is 2.23. The van der Waals surface area contributed by atoms with E-state index in [1.54, 1.807) is 6.20 Å². The monoisotopic (exact) mass is 463 g/mol. The summed E-state index contributed by atoms with van der Waals surface area (Å²) in [6.45, 7) is 4.39. The lowest BCUT2D eigenvalue weighted by molar-refractivity contribution is -0.131. The first-order valence-electron chi connectivity index (χ1n) is 10.7. The molecule has 0 radical (unpaired) electrons. The van der Waals surface area contributed by atoms with Gasteiger partial charge >= 0.3 is 0 Å². The zero-order valence-electron chi connectivity index (χ0n) is 17.3. The lowest BCUT2D eigenvalue weighted by Gasteiger charge is -2.23. The molecule has 2 aromatic rings. The lowest BCUT2D eigenvalue weighted by Crippen LogP contribution is -2.43. The highest BCUT2D eigenvalue weighted by atomic mass is 35.5. The molecular formula is C23H27Cl2N3O3. The Kier molecular flexibility index (Phi) is 7.80. The van der Waals surface area contributed by atoms with Gasteiger partial charge in [-0.05, 0) is 43.0 Å². The van der Waals surface area contributed by atoms with Gasteiger partial charge in [-0.2, -0.15) is 0 Å². The average Bonchev–Trinajstić information content (AvgIpc) is 2.81. The number of nitrogens with one attached hydrogen (secondary N) is 2. The molecule has 2 saturated heterocycles. The zero-order chi connectivity index (χ0) is 21.6. The molecule has 1 aromatic heterocycles. The van der Waals surface area contributed by atoms with Crippen molar-refractivity contribution in [1.29, 1.82) is 0 Å². The standard InChI is InChI=1S/C23H27Cl2N3O3/c24-20-2-1-16(27-12-15-3-6-30-7-4-15)9-18(20)19-10-17(28-13-21(19)25)11-22(29)23-14-26-5-8-31-23/h1-2,9-10,13,15,23,26-27H,3-8,11-12,14H2/t23-/m1/s1. The minimum atomic E-state index is -0.434. The molecule has 0 unspecified atom stereocenters. The number of nitrogens with zero attached hydrogens (tertiary/aromatic N) is 1. The second-order valence-electron chi connectivity index (χ2n) is 7.99. The highest BCUT2D eigenvalue weighted by molar-refractivity contribution is 6.36. The molecule has 0 bridgehead atoms. The number of morpholine rings is 1. The normalized spacial score (nSPS) is 19.9. The van der Waals surface area contributed by atoms with Gasteiger partial charge in [-0.1, -0.05) is 23.2 Å². The maximum absolute atomic E-state index is 12.6. The largest absolute Gasteiger partial charge is 0.385 e. The molecule has 2 aliphatic heterocycles. The molecule has 2 aliphatic rings. The van der Waals surface area contributed by atoms with Crippen LogP contribution in [0, 0.1) is 5.92 Å². The molecule has 2 fully saturated rings. The third kappa shape index (κ3) is 5.96. The van der Waals surface area contributed by atoms with E-state index in [0.717, 1.165) is 56.0 Å². The van der Waals surface area contributed by atoms with Crippen LogP contribution in [-0.2, 0) is 20.7 Å². The first-order chi connectivity index (χ1) is 15.1. The molecule has 1 atom stereocenters. The predicted octanol–water partition coefficient (Wildman–Crippen LogP) is 3.99. The number of Topliss-reactive ketones (excluding diaryl/α,β-unsaturated/α-hetero) is 1. The number of aromatic nitrogens is 1. The number of hydrogen-bond acceptors (Lipinski definition) is 6. The SMILES string of the molecule is O=C(Cc1cc(-c2cc(NCC3CCOCC3)ccc2Cl)c(Cl)cn1)[C@H]1CNCCO1. The Bertz CT molecular complexity index is 913. The second kappa shape index (κ2) is 10.7. The van der Waals surface area contributed by atoms with E-state index in [1.807, 2.05) is 24.3 Å². The summed E-state index contributed by atoms with van der Waals surface area (Å²) in [4.78, 5) is 16.9. The summed E-state index contributed by atoms with van der Waals surface area (Å²) in [5.74, 6) is 0.609. The van der Waals surface area contributed by atoms with Gasteiger partial charge in [-0.25, -0.2) is 0 Å². The fourth-order valence-electron chi connectivity index (χ4n) is 3.90. The topological polar surface area (TPSA) is 72.5 Å². The Morgan fingerprint density at radius 3 is 2.71 bits per heavy atom. The molecule has 4 rings (SSSR count). The molecule has 1 aromatic carbocycles. The number of benzene rings is 1. The van der Waals surface area contributed by atoms with Gasteiger partial charge in [0.2, 0.25) is 0 Å². The van der Waals surface area contributed by atoms with Gasteiger partial charge in [0.15, 0.2) is 5.78 Å². The maximum atomic E-state index is 12.6. The van der Waals surface area contributed by atoms with Crippen molar-refractivity contribution in [2.24, 2.45) is 5.92 Å². The summed E-state index contributed by atoms with van der Waals surface area (Å²) in [5, 5.41) is 7.78. The maximum Gasteiger partial charge on any atom is 0.168 e. The number of rotatable bonds is 7. The van der Waals surface area contributed by atoms with E-state index in [2.05, 4.69) is 15.6 Å². The van der Waals surface area contributed by atoms with Crippen molar-refractivity contribution in [3.05, 3.63) is 46.2 Å². The van der Waals surface area contributed by atoms with Gasteiger partial charge in [-0.15, -0.1) is 0 Å². The summed E-state index contributed by atoms with van der Waals surface area (Å²) < 4.78 is 11.0. The number of anilines is 1. The number of carbonyl (C=O) groups is 1. The van der Waals surface area contributed by atoms with Crippen LogP contribution in [0.2, 0.25) is 10.0 Å². The van der Waals surface area contributed by atoms with Gasteiger partial charge in [-0.3, -0.25) is 9.78 Å². The third-order valence-corrected chi connectivity index (χ3v) is 6.38. The molecule has 0 aliphatic carbocycles. The number of carbonyl (C=O) groups excluding carboxylic acids is 1. The molecule has 3 heterocycles. The van der Waals surface area contributed by atoms with Crippen LogP contribution in [0.3, 0.4) is 0 Å². The van der Waals surface area contributed by atoms with Crippen LogP contribution in [0.1, 0.15) is 18.5 Å². The van der Waals surface area contributed by atoms with Crippen LogP contribution < -0.4 is 10.6 Å². The van der Waals surface area contributed by atoms with E-state index < -0.39 is 6.10 Å². The summed E-state index contributed by atoms with van der Waals surface area (Å²) in [6.07, 6.45) is 3.48. The number of halogens is 2. The van der Waals surface area contributed by atoms with Crippen LogP contribution in [0.4, 0.5) is 5.69 Å². The molecule has 166 valence electrons. The van der Waals surface area contributed by atoms with Gasteiger partial charge in [0.05, 0.1) is 18.1 Å². The first kappa shape index (κ1) is 22.5. The summed E-state index contributed by atoms with van der Waals surface area (Å²) in [5.41, 5.74) is 3.21. The third-order valence-electron chi connectivity index (χ3n) is 5.75.